The van der Waals surface area contributed by atoms with Gasteiger partial charge in [-0.15, -0.1) is 0 Å². The molecule has 11 heteroatoms. The monoisotopic (exact) mass is 503 g/mol. The topological polar surface area (TPSA) is 148 Å². The molecular weight excluding hydrogens is 474 g/mol. The van der Waals surface area contributed by atoms with Crippen LogP contribution in [0.25, 0.3) is 22.6 Å². The number of fused-ring (bicyclic) bond motifs is 1. The number of carbonyl (C=O) groups is 2. The van der Waals surface area contributed by atoms with Gasteiger partial charge in [0.25, 0.3) is 0 Å². The van der Waals surface area contributed by atoms with Gasteiger partial charge in [0.15, 0.2) is 5.82 Å². The zero-order chi connectivity index (χ0) is 25.6. The molecule has 2 aromatic carbocycles. The molecule has 37 heavy (non-hydrogen) atoms. The van der Waals surface area contributed by atoms with Gasteiger partial charge in [0.05, 0.1) is 41.7 Å². The van der Waals surface area contributed by atoms with Gasteiger partial charge in [-0.2, -0.15) is 5.10 Å². The fourth-order valence-corrected chi connectivity index (χ4v) is 4.00. The lowest BCUT2D eigenvalue weighted by molar-refractivity contribution is 0.0342. The first-order valence-corrected chi connectivity index (χ1v) is 12.2. The number of carboxylic acid groups (broad SMARTS) is 1. The van der Waals surface area contributed by atoms with Crippen molar-refractivity contribution >= 4 is 28.7 Å². The van der Waals surface area contributed by atoms with Crippen LogP contribution in [0, 0.1) is 0 Å². The average molecular weight is 504 g/mol. The maximum absolute atomic E-state index is 12.0. The molecule has 3 heterocycles. The van der Waals surface area contributed by atoms with E-state index in [2.05, 4.69) is 47.8 Å². The normalized spacial score (nSPS) is 15.6. The highest BCUT2D eigenvalue weighted by Gasteiger charge is 2.24. The lowest BCUT2D eigenvalue weighted by atomic mass is 10.2. The zero-order valence-corrected chi connectivity index (χ0v) is 20.2. The number of nitrogens with zero attached hydrogens (tertiary/aromatic N) is 3. The summed E-state index contributed by atoms with van der Waals surface area (Å²) in [5.41, 5.74) is 4.67. The molecule has 6 rings (SSSR count). The molecule has 4 aromatic rings. The molecular formula is C26H29N7O4. The number of carbonyl (C=O) groups excluding carboxylic acids is 1. The number of nitrogens with one attached hydrogen (secondary N) is 4. The first kappa shape index (κ1) is 24.5. The fraction of sp³-hybridized carbons (Fsp3) is 0.308. The minimum absolute atomic E-state index is 0.214. The van der Waals surface area contributed by atoms with Gasteiger partial charge in [-0.25, -0.2) is 14.6 Å². The maximum Gasteiger partial charge on any atom is 0.335 e. The summed E-state index contributed by atoms with van der Waals surface area (Å²) < 4.78 is 5.41. The molecule has 1 saturated carbocycles. The van der Waals surface area contributed by atoms with Crippen LogP contribution in [0.3, 0.4) is 0 Å². The summed E-state index contributed by atoms with van der Waals surface area (Å²) in [6, 6.07) is 14.6. The Hall–Kier alpha value is -4.22. The van der Waals surface area contributed by atoms with E-state index in [1.54, 1.807) is 36.5 Å². The van der Waals surface area contributed by atoms with E-state index in [9.17, 15) is 9.59 Å². The van der Waals surface area contributed by atoms with E-state index in [1.165, 1.54) is 5.56 Å². The van der Waals surface area contributed by atoms with Crippen molar-refractivity contribution in [3.05, 3.63) is 65.9 Å². The Kier molecular flexibility index (Phi) is 7.43. The number of anilines is 1. The molecule has 0 radical (unpaired) electrons. The smallest absolute Gasteiger partial charge is 0.335 e. The highest BCUT2D eigenvalue weighted by Crippen LogP contribution is 2.26. The maximum atomic E-state index is 12.0. The van der Waals surface area contributed by atoms with Crippen LogP contribution in [0.2, 0.25) is 0 Å². The number of aromatic nitrogens is 4. The summed E-state index contributed by atoms with van der Waals surface area (Å²) in [5, 5.41) is 21.1. The van der Waals surface area contributed by atoms with Gasteiger partial charge in [-0.3, -0.25) is 10.00 Å². The van der Waals surface area contributed by atoms with Crippen molar-refractivity contribution in [3.63, 3.8) is 0 Å². The molecule has 1 aliphatic carbocycles. The van der Waals surface area contributed by atoms with Crippen LogP contribution in [0.1, 0.15) is 28.8 Å². The van der Waals surface area contributed by atoms with Gasteiger partial charge < -0.3 is 25.5 Å². The van der Waals surface area contributed by atoms with E-state index < -0.39 is 5.97 Å². The van der Waals surface area contributed by atoms with Crippen molar-refractivity contribution in [2.75, 3.05) is 31.6 Å². The van der Waals surface area contributed by atoms with Crippen molar-refractivity contribution in [3.8, 4) is 11.5 Å². The van der Waals surface area contributed by atoms with E-state index in [0.29, 0.717) is 28.8 Å². The number of aromatic carboxylic acids is 1. The number of carboxylic acids is 1. The third kappa shape index (κ3) is 6.51. The quantitative estimate of drug-likeness (QED) is 0.271. The number of H-pyrrole nitrogens is 2. The van der Waals surface area contributed by atoms with Gasteiger partial charge in [0.1, 0.15) is 5.69 Å². The molecule has 11 nitrogen and oxygen atoms in total. The minimum atomic E-state index is -0.879. The van der Waals surface area contributed by atoms with Crippen molar-refractivity contribution in [2.45, 2.75) is 25.4 Å². The second-order valence-electron chi connectivity index (χ2n) is 9.03. The van der Waals surface area contributed by atoms with E-state index in [0.717, 1.165) is 56.7 Å². The predicted octanol–water partition coefficient (Wildman–Crippen LogP) is 3.45. The number of amides is 2. The zero-order valence-electron chi connectivity index (χ0n) is 20.2. The standard InChI is InChI=1S/C19H23N7O2.C7H6O2/c27-19(21-13-2-3-13)24-16-10-20-25-17(16)18-22-14-4-1-12(9-15(14)23-18)11-26-5-7-28-8-6-26;8-7(9)6-4-2-1-3-5-6/h1,4,9-10,13H,2-3,5-8,11H2,(H,20,25)(H,22,23)(H2,21,24,27);1-5H,(H,8,9). The number of imidazole rings is 1. The van der Waals surface area contributed by atoms with E-state index in [4.69, 9.17) is 9.84 Å². The minimum Gasteiger partial charge on any atom is -0.478 e. The van der Waals surface area contributed by atoms with Gasteiger partial charge >= 0.3 is 12.0 Å². The molecule has 192 valence electrons. The Balaban J connectivity index is 0.000000265. The first-order valence-electron chi connectivity index (χ1n) is 12.2. The average Bonchev–Trinajstić information content (AvgIpc) is 3.43. The van der Waals surface area contributed by atoms with E-state index in [-0.39, 0.29) is 6.03 Å². The summed E-state index contributed by atoms with van der Waals surface area (Å²) in [4.78, 5) is 32.6. The SMILES string of the molecule is O=C(Nc1cn[nH]c1-c1nc2ccc(CN3CCOCC3)cc2[nH]1)NC1CC1.O=C(O)c1ccccc1. The number of hydrogen-bond donors (Lipinski definition) is 5. The molecule has 1 saturated heterocycles. The number of morpholine rings is 1. The molecule has 2 fully saturated rings. The Bertz CT molecular complexity index is 1360. The summed E-state index contributed by atoms with van der Waals surface area (Å²) in [5.74, 6) is -0.228. The number of benzene rings is 2. The molecule has 2 amide bonds. The van der Waals surface area contributed by atoms with Gasteiger partial charge in [0.2, 0.25) is 0 Å². The third-order valence-electron chi connectivity index (χ3n) is 6.11. The summed E-state index contributed by atoms with van der Waals surface area (Å²) in [6.45, 7) is 4.39. The molecule has 0 unspecified atom stereocenters. The summed E-state index contributed by atoms with van der Waals surface area (Å²) in [7, 11) is 0. The lowest BCUT2D eigenvalue weighted by Gasteiger charge is -2.26. The van der Waals surface area contributed by atoms with Gasteiger partial charge in [-0.05, 0) is 42.7 Å². The van der Waals surface area contributed by atoms with Crippen molar-refractivity contribution < 1.29 is 19.4 Å². The highest BCUT2D eigenvalue weighted by atomic mass is 16.5. The summed E-state index contributed by atoms with van der Waals surface area (Å²) in [6.07, 6.45) is 3.68. The molecule has 0 atom stereocenters. The van der Waals surface area contributed by atoms with Crippen LogP contribution in [0.5, 0.6) is 0 Å². The highest BCUT2D eigenvalue weighted by molar-refractivity contribution is 5.93. The largest absolute Gasteiger partial charge is 0.478 e. The van der Waals surface area contributed by atoms with Crippen LogP contribution in [-0.4, -0.2) is 74.5 Å². The Morgan fingerprint density at radius 2 is 1.89 bits per heavy atom. The molecule has 2 aromatic heterocycles. The van der Waals surface area contributed by atoms with Gasteiger partial charge in [0, 0.05) is 25.7 Å². The molecule has 0 spiro atoms. The second kappa shape index (κ2) is 11.2. The number of ether oxygens (including phenoxy) is 1. The van der Waals surface area contributed by atoms with E-state index >= 15 is 0 Å². The predicted molar refractivity (Wildman–Crippen MR) is 138 cm³/mol. The third-order valence-corrected chi connectivity index (χ3v) is 6.11. The van der Waals surface area contributed by atoms with Gasteiger partial charge in [-0.1, -0.05) is 24.3 Å². The lowest BCUT2D eigenvalue weighted by Crippen LogP contribution is -2.35. The van der Waals surface area contributed by atoms with Crippen LogP contribution in [0.4, 0.5) is 10.5 Å². The first-order chi connectivity index (χ1) is 18.0. The van der Waals surface area contributed by atoms with Crippen LogP contribution < -0.4 is 10.6 Å². The second-order valence-corrected chi connectivity index (χ2v) is 9.03. The van der Waals surface area contributed by atoms with Crippen LogP contribution in [0.15, 0.2) is 54.7 Å². The summed E-state index contributed by atoms with van der Waals surface area (Å²) >= 11 is 0. The fourth-order valence-electron chi connectivity index (χ4n) is 4.00. The van der Waals surface area contributed by atoms with Crippen LogP contribution in [-0.2, 0) is 11.3 Å². The molecule has 0 bridgehead atoms. The Morgan fingerprint density at radius 3 is 2.59 bits per heavy atom. The Labute approximate surface area is 213 Å². The number of rotatable bonds is 6. The molecule has 2 aliphatic rings. The molecule has 1 aliphatic heterocycles. The number of aromatic amines is 2. The van der Waals surface area contributed by atoms with Crippen molar-refractivity contribution in [1.29, 1.82) is 0 Å². The van der Waals surface area contributed by atoms with E-state index in [1.807, 2.05) is 6.07 Å². The Morgan fingerprint density at radius 1 is 1.11 bits per heavy atom. The number of urea groups is 1. The van der Waals surface area contributed by atoms with Crippen LogP contribution >= 0.6 is 0 Å². The molecule has 5 N–H and O–H groups in total. The van der Waals surface area contributed by atoms with Crippen molar-refractivity contribution in [1.82, 2.24) is 30.4 Å². The number of hydrogen-bond acceptors (Lipinski definition) is 6. The van der Waals surface area contributed by atoms with Crippen molar-refractivity contribution in [2.24, 2.45) is 0 Å².